The molecule has 0 saturated carbocycles. The topological polar surface area (TPSA) is 30.2 Å². The van der Waals surface area contributed by atoms with Crippen LogP contribution in [0.3, 0.4) is 0 Å². The molecule has 0 N–H and O–H groups in total. The third-order valence-electron chi connectivity index (χ3n) is 2.17. The molecular weight excluding hydrogens is 152 g/mol. The predicted molar refractivity (Wildman–Crippen MR) is 47.6 cm³/mol. The molecule has 0 aliphatic rings. The van der Waals surface area contributed by atoms with Crippen LogP contribution in [0.1, 0.15) is 40.8 Å². The van der Waals surface area contributed by atoms with Crippen molar-refractivity contribution in [3.63, 3.8) is 0 Å². The molecule has 0 saturated heterocycles. The highest BCUT2D eigenvalue weighted by atomic mass is 16.3. The van der Waals surface area contributed by atoms with E-state index in [4.69, 9.17) is 4.42 Å². The number of hydrogen-bond donors (Lipinski definition) is 0. The van der Waals surface area contributed by atoms with Gasteiger partial charge in [-0.15, -0.1) is 0 Å². The van der Waals surface area contributed by atoms with E-state index in [1.54, 1.807) is 0 Å². The van der Waals surface area contributed by atoms with Crippen LogP contribution in [0.15, 0.2) is 4.42 Å². The molecule has 1 aromatic rings. The summed E-state index contributed by atoms with van der Waals surface area (Å²) in [4.78, 5) is 10.5. The SMILES string of the molecule is CCCc1oc(C=O)c(C)c1C. The maximum atomic E-state index is 10.5. The van der Waals surface area contributed by atoms with Gasteiger partial charge in [0.05, 0.1) is 0 Å². The Balaban J connectivity index is 3.06. The summed E-state index contributed by atoms with van der Waals surface area (Å²) in [6.07, 6.45) is 2.74. The maximum absolute atomic E-state index is 10.5. The summed E-state index contributed by atoms with van der Waals surface area (Å²) in [6, 6.07) is 0. The molecular formula is C10H14O2. The van der Waals surface area contributed by atoms with Crippen molar-refractivity contribution in [2.24, 2.45) is 0 Å². The monoisotopic (exact) mass is 166 g/mol. The van der Waals surface area contributed by atoms with Gasteiger partial charge in [0.1, 0.15) is 5.76 Å². The Morgan fingerprint density at radius 1 is 1.33 bits per heavy atom. The third kappa shape index (κ3) is 1.42. The molecule has 12 heavy (non-hydrogen) atoms. The van der Waals surface area contributed by atoms with E-state index in [0.29, 0.717) is 5.76 Å². The van der Waals surface area contributed by atoms with Crippen LogP contribution in [0.25, 0.3) is 0 Å². The lowest BCUT2D eigenvalue weighted by Gasteiger charge is -1.92. The smallest absolute Gasteiger partial charge is 0.185 e. The van der Waals surface area contributed by atoms with Crippen molar-refractivity contribution >= 4 is 6.29 Å². The molecule has 0 aliphatic carbocycles. The standard InChI is InChI=1S/C10H14O2/c1-4-5-9-7(2)8(3)10(6-11)12-9/h6H,4-5H2,1-3H3. The largest absolute Gasteiger partial charge is 0.458 e. The molecule has 2 heteroatoms. The average Bonchev–Trinajstić information content (AvgIpc) is 2.33. The van der Waals surface area contributed by atoms with Crippen molar-refractivity contribution in [2.75, 3.05) is 0 Å². The number of aryl methyl sites for hydroxylation is 1. The lowest BCUT2D eigenvalue weighted by atomic mass is 10.1. The van der Waals surface area contributed by atoms with Crippen molar-refractivity contribution in [1.82, 2.24) is 0 Å². The van der Waals surface area contributed by atoms with Crippen LogP contribution in [0.4, 0.5) is 0 Å². The molecule has 0 aliphatic heterocycles. The molecule has 1 heterocycles. The molecule has 0 unspecified atom stereocenters. The van der Waals surface area contributed by atoms with E-state index in [1.165, 1.54) is 0 Å². The summed E-state index contributed by atoms with van der Waals surface area (Å²) in [5, 5.41) is 0. The second kappa shape index (κ2) is 3.57. The van der Waals surface area contributed by atoms with E-state index < -0.39 is 0 Å². The van der Waals surface area contributed by atoms with Gasteiger partial charge in [-0.1, -0.05) is 6.92 Å². The highest BCUT2D eigenvalue weighted by molar-refractivity contribution is 5.74. The summed E-state index contributed by atoms with van der Waals surface area (Å²) in [7, 11) is 0. The van der Waals surface area contributed by atoms with Crippen molar-refractivity contribution in [1.29, 1.82) is 0 Å². The molecule has 1 rings (SSSR count). The molecule has 0 bridgehead atoms. The van der Waals surface area contributed by atoms with Gasteiger partial charge in [-0.2, -0.15) is 0 Å². The van der Waals surface area contributed by atoms with Gasteiger partial charge < -0.3 is 4.42 Å². The molecule has 0 spiro atoms. The van der Waals surface area contributed by atoms with Gasteiger partial charge in [0.2, 0.25) is 0 Å². The first kappa shape index (κ1) is 9.04. The first-order valence-electron chi connectivity index (χ1n) is 4.24. The lowest BCUT2D eigenvalue weighted by molar-refractivity contribution is 0.109. The highest BCUT2D eigenvalue weighted by Crippen LogP contribution is 2.20. The number of carbonyl (C=O) groups is 1. The van der Waals surface area contributed by atoms with E-state index in [0.717, 1.165) is 36.0 Å². The van der Waals surface area contributed by atoms with Crippen LogP contribution >= 0.6 is 0 Å². The minimum atomic E-state index is 0.482. The Kier molecular flexibility index (Phi) is 2.69. The Hall–Kier alpha value is -1.05. The van der Waals surface area contributed by atoms with E-state index in [2.05, 4.69) is 6.92 Å². The van der Waals surface area contributed by atoms with Crippen LogP contribution in [-0.2, 0) is 6.42 Å². The van der Waals surface area contributed by atoms with Gasteiger partial charge in [-0.25, -0.2) is 0 Å². The zero-order valence-corrected chi connectivity index (χ0v) is 7.81. The Bertz CT molecular complexity index is 284. The highest BCUT2D eigenvalue weighted by Gasteiger charge is 2.11. The van der Waals surface area contributed by atoms with Gasteiger partial charge in [0.15, 0.2) is 12.0 Å². The fourth-order valence-electron chi connectivity index (χ4n) is 1.26. The second-order valence-electron chi connectivity index (χ2n) is 3.01. The summed E-state index contributed by atoms with van der Waals surface area (Å²) in [5.41, 5.74) is 2.10. The van der Waals surface area contributed by atoms with Crippen molar-refractivity contribution in [3.05, 3.63) is 22.6 Å². The molecule has 2 nitrogen and oxygen atoms in total. The first-order valence-corrected chi connectivity index (χ1v) is 4.24. The number of hydrogen-bond acceptors (Lipinski definition) is 2. The predicted octanol–water partition coefficient (Wildman–Crippen LogP) is 2.66. The molecule has 0 aromatic carbocycles. The third-order valence-corrected chi connectivity index (χ3v) is 2.17. The molecule has 0 radical (unpaired) electrons. The second-order valence-corrected chi connectivity index (χ2v) is 3.01. The lowest BCUT2D eigenvalue weighted by Crippen LogP contribution is -1.82. The van der Waals surface area contributed by atoms with Crippen molar-refractivity contribution in [3.8, 4) is 0 Å². The van der Waals surface area contributed by atoms with E-state index in [9.17, 15) is 4.79 Å². The van der Waals surface area contributed by atoms with Crippen LogP contribution in [0, 0.1) is 13.8 Å². The Labute approximate surface area is 72.6 Å². The average molecular weight is 166 g/mol. The van der Waals surface area contributed by atoms with Gasteiger partial charge in [-0.05, 0) is 25.8 Å². The molecule has 0 atom stereocenters. The Morgan fingerprint density at radius 2 is 2.00 bits per heavy atom. The van der Waals surface area contributed by atoms with E-state index in [1.807, 2.05) is 13.8 Å². The minimum Gasteiger partial charge on any atom is -0.458 e. The van der Waals surface area contributed by atoms with Gasteiger partial charge in [0, 0.05) is 12.0 Å². The number of carbonyl (C=O) groups excluding carboxylic acids is 1. The molecule has 0 amide bonds. The van der Waals surface area contributed by atoms with Crippen LogP contribution in [0.2, 0.25) is 0 Å². The summed E-state index contributed by atoms with van der Waals surface area (Å²) < 4.78 is 5.37. The van der Waals surface area contributed by atoms with Gasteiger partial charge >= 0.3 is 0 Å². The van der Waals surface area contributed by atoms with Gasteiger partial charge in [0.25, 0.3) is 0 Å². The fraction of sp³-hybridized carbons (Fsp3) is 0.500. The van der Waals surface area contributed by atoms with E-state index >= 15 is 0 Å². The van der Waals surface area contributed by atoms with Crippen molar-refractivity contribution in [2.45, 2.75) is 33.6 Å². The molecule has 66 valence electrons. The zero-order chi connectivity index (χ0) is 9.14. The minimum absolute atomic E-state index is 0.482. The van der Waals surface area contributed by atoms with Crippen LogP contribution in [0.5, 0.6) is 0 Å². The zero-order valence-electron chi connectivity index (χ0n) is 7.81. The fourth-order valence-corrected chi connectivity index (χ4v) is 1.26. The summed E-state index contributed by atoms with van der Waals surface area (Å²) in [6.45, 7) is 6.01. The van der Waals surface area contributed by atoms with Crippen LogP contribution in [-0.4, -0.2) is 6.29 Å². The summed E-state index contributed by atoms with van der Waals surface area (Å²) in [5.74, 6) is 1.44. The number of furan rings is 1. The quantitative estimate of drug-likeness (QED) is 0.646. The molecule has 0 fully saturated rings. The number of rotatable bonds is 3. The first-order chi connectivity index (χ1) is 5.70. The normalized spacial score (nSPS) is 10.2. The Morgan fingerprint density at radius 3 is 2.42 bits per heavy atom. The molecule has 1 aromatic heterocycles. The van der Waals surface area contributed by atoms with Gasteiger partial charge in [-0.3, -0.25) is 4.79 Å². The maximum Gasteiger partial charge on any atom is 0.185 e. The van der Waals surface area contributed by atoms with Crippen LogP contribution < -0.4 is 0 Å². The summed E-state index contributed by atoms with van der Waals surface area (Å²) >= 11 is 0. The number of aldehydes is 1. The van der Waals surface area contributed by atoms with Crippen molar-refractivity contribution < 1.29 is 9.21 Å². The van der Waals surface area contributed by atoms with E-state index in [-0.39, 0.29) is 0 Å².